The molecule has 0 bridgehead atoms. The van der Waals surface area contributed by atoms with E-state index in [1.54, 1.807) is 0 Å². The number of imidazole rings is 2. The molecular weight excluding hydrogens is 536 g/mol. The fraction of sp³-hybridized carbons (Fsp3) is 0.600. The molecule has 6 rings (SSSR count). The number of aromatic hydroxyl groups is 1. The van der Waals surface area contributed by atoms with Crippen LogP contribution in [0.25, 0.3) is 22.2 Å². The zero-order valence-corrected chi connectivity index (χ0v) is 24.9. The Morgan fingerprint density at radius 1 is 1.14 bits per heavy atom. The zero-order chi connectivity index (χ0) is 29.9. The maximum atomic E-state index is 10.9. The normalized spacial score (nSPS) is 26.6. The van der Waals surface area contributed by atoms with E-state index in [0.717, 1.165) is 42.5 Å². The highest BCUT2D eigenvalue weighted by Gasteiger charge is 2.46. The number of aromatic nitrogens is 6. The lowest BCUT2D eigenvalue weighted by atomic mass is 9.76. The van der Waals surface area contributed by atoms with Crippen molar-refractivity contribution in [3.63, 3.8) is 0 Å². The van der Waals surface area contributed by atoms with Gasteiger partial charge in [0.25, 0.3) is 0 Å². The van der Waals surface area contributed by atoms with Gasteiger partial charge in [0, 0.05) is 25.0 Å². The number of aryl methyl sites for hydroxylation is 1. The summed E-state index contributed by atoms with van der Waals surface area (Å²) in [5.74, 6) is 1.67. The Bertz CT molecular complexity index is 1570. The molecule has 0 spiro atoms. The summed E-state index contributed by atoms with van der Waals surface area (Å²) in [4.78, 5) is 22.7. The van der Waals surface area contributed by atoms with Gasteiger partial charge >= 0.3 is 6.01 Å². The summed E-state index contributed by atoms with van der Waals surface area (Å²) in [6.45, 7) is 11.4. The number of rotatable bonds is 8. The van der Waals surface area contributed by atoms with Crippen molar-refractivity contribution >= 4 is 28.0 Å². The number of nitrogens with one attached hydrogen (secondary N) is 1. The van der Waals surface area contributed by atoms with Crippen LogP contribution < -0.4 is 5.73 Å². The highest BCUT2D eigenvalue weighted by molar-refractivity contribution is 5.82. The molecule has 226 valence electrons. The number of aliphatic hydroxyl groups excluding tert-OH is 2. The predicted octanol–water partition coefficient (Wildman–Crippen LogP) is 3.03. The minimum atomic E-state index is -1.20. The molecule has 12 heteroatoms. The molecule has 1 saturated heterocycles. The number of H-pyrrole nitrogens is 1. The number of ether oxygens (including phenoxy) is 1. The second-order valence-electron chi connectivity index (χ2n) is 13.3. The van der Waals surface area contributed by atoms with E-state index < -0.39 is 30.6 Å². The lowest BCUT2D eigenvalue weighted by Crippen LogP contribution is -2.52. The molecule has 6 N–H and O–H groups in total. The molecule has 3 aromatic heterocycles. The quantitative estimate of drug-likeness (QED) is 0.209. The molecule has 0 amide bonds. The SMILES string of the molecule is CC(C)N(C[C@H]1O[C@@H](n2cnc3c(N)nc(O)nc32)[C@H](O)[C@@H]1O)[C@H]1C[C@@H](CCc2nc3cc(C(C)(C)C)ccc3[nH]2)C1. The van der Waals surface area contributed by atoms with Crippen LogP contribution in [0.3, 0.4) is 0 Å². The first-order valence-corrected chi connectivity index (χ1v) is 14.8. The Morgan fingerprint density at radius 2 is 1.90 bits per heavy atom. The molecule has 2 aliphatic rings. The zero-order valence-electron chi connectivity index (χ0n) is 24.9. The molecule has 1 aliphatic heterocycles. The second-order valence-corrected chi connectivity index (χ2v) is 13.3. The third kappa shape index (κ3) is 5.32. The van der Waals surface area contributed by atoms with Crippen LogP contribution in [-0.4, -0.2) is 86.6 Å². The summed E-state index contributed by atoms with van der Waals surface area (Å²) >= 11 is 0. The Labute approximate surface area is 245 Å². The second kappa shape index (κ2) is 10.7. The third-order valence-electron chi connectivity index (χ3n) is 8.97. The molecule has 0 unspecified atom stereocenters. The largest absolute Gasteiger partial charge is 0.479 e. The number of hydrogen-bond acceptors (Lipinski definition) is 10. The minimum Gasteiger partial charge on any atom is -0.479 e. The first-order chi connectivity index (χ1) is 19.9. The number of aliphatic hydroxyl groups is 2. The lowest BCUT2D eigenvalue weighted by Gasteiger charge is -2.46. The summed E-state index contributed by atoms with van der Waals surface area (Å²) in [6.07, 6.45) is 1.75. The van der Waals surface area contributed by atoms with Crippen LogP contribution in [0.1, 0.15) is 71.5 Å². The maximum Gasteiger partial charge on any atom is 0.317 e. The maximum absolute atomic E-state index is 10.9. The molecule has 42 heavy (non-hydrogen) atoms. The number of anilines is 1. The first kappa shape index (κ1) is 28.8. The van der Waals surface area contributed by atoms with Crippen LogP contribution in [0.15, 0.2) is 24.5 Å². The number of nitrogen functional groups attached to an aromatic ring is 1. The van der Waals surface area contributed by atoms with Crippen LogP contribution in [0.5, 0.6) is 6.01 Å². The molecule has 1 saturated carbocycles. The molecule has 12 nitrogen and oxygen atoms in total. The summed E-state index contributed by atoms with van der Waals surface area (Å²) in [5, 5.41) is 31.7. The smallest absolute Gasteiger partial charge is 0.317 e. The summed E-state index contributed by atoms with van der Waals surface area (Å²) in [6, 6.07) is 6.64. The highest BCUT2D eigenvalue weighted by atomic mass is 16.6. The first-order valence-electron chi connectivity index (χ1n) is 14.8. The van der Waals surface area contributed by atoms with Crippen LogP contribution in [0.2, 0.25) is 0 Å². The summed E-state index contributed by atoms with van der Waals surface area (Å²) in [7, 11) is 0. The van der Waals surface area contributed by atoms with Gasteiger partial charge in [0.1, 0.15) is 24.1 Å². The van der Waals surface area contributed by atoms with Crippen LogP contribution in [0, 0.1) is 5.92 Å². The number of benzene rings is 1. The lowest BCUT2D eigenvalue weighted by molar-refractivity contribution is -0.0620. The van der Waals surface area contributed by atoms with E-state index in [9.17, 15) is 15.3 Å². The molecule has 4 aromatic rings. The van der Waals surface area contributed by atoms with Crippen molar-refractivity contribution in [2.75, 3.05) is 12.3 Å². The van der Waals surface area contributed by atoms with Crippen molar-refractivity contribution in [3.05, 3.63) is 35.9 Å². The molecule has 1 aromatic carbocycles. The van der Waals surface area contributed by atoms with E-state index in [-0.39, 0.29) is 22.9 Å². The van der Waals surface area contributed by atoms with Gasteiger partial charge in [-0.15, -0.1) is 0 Å². The average molecular weight is 579 g/mol. The fourth-order valence-corrected chi connectivity index (χ4v) is 6.40. The van der Waals surface area contributed by atoms with E-state index in [1.165, 1.54) is 16.5 Å². The Kier molecular flexibility index (Phi) is 7.37. The monoisotopic (exact) mass is 578 g/mol. The minimum absolute atomic E-state index is 0.0290. The predicted molar refractivity (Wildman–Crippen MR) is 159 cm³/mol. The number of hydrogen-bond donors (Lipinski definition) is 5. The number of nitrogens with zero attached hydrogens (tertiary/aromatic N) is 6. The molecule has 0 radical (unpaired) electrons. The highest BCUT2D eigenvalue weighted by Crippen LogP contribution is 2.38. The van der Waals surface area contributed by atoms with Crippen LogP contribution in [-0.2, 0) is 16.6 Å². The van der Waals surface area contributed by atoms with Crippen LogP contribution in [0.4, 0.5) is 5.82 Å². The number of aromatic amines is 1. The van der Waals surface area contributed by atoms with Crippen molar-refractivity contribution in [1.82, 2.24) is 34.4 Å². The van der Waals surface area contributed by atoms with E-state index >= 15 is 0 Å². The number of nitrogens with two attached hydrogens (primary N) is 1. The molecule has 1 aliphatic carbocycles. The topological polar surface area (TPSA) is 171 Å². The summed E-state index contributed by atoms with van der Waals surface area (Å²) < 4.78 is 7.68. The molecular formula is C30H42N8O4. The molecule has 2 fully saturated rings. The molecule has 4 heterocycles. The van der Waals surface area contributed by atoms with Crippen molar-refractivity contribution in [2.24, 2.45) is 5.92 Å². The average Bonchev–Trinajstić information content (AvgIpc) is 3.57. The molecule has 4 atom stereocenters. The fourth-order valence-electron chi connectivity index (χ4n) is 6.40. The third-order valence-corrected chi connectivity index (χ3v) is 8.97. The van der Waals surface area contributed by atoms with E-state index in [0.29, 0.717) is 24.0 Å². The van der Waals surface area contributed by atoms with E-state index in [4.69, 9.17) is 15.5 Å². The Balaban J connectivity index is 1.06. The van der Waals surface area contributed by atoms with Crippen molar-refractivity contribution in [1.29, 1.82) is 0 Å². The number of fused-ring (bicyclic) bond motifs is 2. The standard InChI is InChI=1S/C30H42N8O4/c1-15(2)37(13-21-24(39)25(40)28(42-21)38-14-32-23-26(31)35-29(41)36-27(23)38)18-10-16(11-18)6-9-22-33-19-8-7-17(30(3,4)5)12-20(19)34-22/h7-8,12,14-16,18,21,24-25,28,39-40H,6,9-11,13H2,1-5H3,(H,33,34)(H3,31,35,36,41)/t16-,18+,21-,24-,25-,28-/m1/s1. The van der Waals surface area contributed by atoms with Crippen LogP contribution >= 0.6 is 0 Å². The van der Waals surface area contributed by atoms with Gasteiger partial charge in [-0.1, -0.05) is 26.8 Å². The Hall–Kier alpha value is -3.32. The van der Waals surface area contributed by atoms with E-state index in [1.807, 2.05) is 0 Å². The van der Waals surface area contributed by atoms with Gasteiger partial charge in [0.05, 0.1) is 17.4 Å². The van der Waals surface area contributed by atoms with Gasteiger partial charge in [0.2, 0.25) is 0 Å². The Morgan fingerprint density at radius 3 is 2.62 bits per heavy atom. The van der Waals surface area contributed by atoms with Crippen molar-refractivity contribution in [3.8, 4) is 6.01 Å². The van der Waals surface area contributed by atoms with Crippen molar-refractivity contribution < 1.29 is 20.1 Å². The van der Waals surface area contributed by atoms with Gasteiger partial charge < -0.3 is 30.8 Å². The van der Waals surface area contributed by atoms with Gasteiger partial charge in [-0.05, 0) is 62.1 Å². The van der Waals surface area contributed by atoms with Gasteiger partial charge in [-0.2, -0.15) is 9.97 Å². The van der Waals surface area contributed by atoms with Gasteiger partial charge in [0.15, 0.2) is 23.2 Å². The van der Waals surface area contributed by atoms with Gasteiger partial charge in [-0.3, -0.25) is 9.47 Å². The van der Waals surface area contributed by atoms with E-state index in [2.05, 4.69) is 77.7 Å². The van der Waals surface area contributed by atoms with Crippen molar-refractivity contribution in [2.45, 2.75) is 102 Å². The summed E-state index contributed by atoms with van der Waals surface area (Å²) in [5.41, 5.74) is 9.89. The van der Waals surface area contributed by atoms with Gasteiger partial charge in [-0.25, -0.2) is 9.97 Å².